The first kappa shape index (κ1) is 13.8. The SMILES string of the molecule is CCN(c1cc2c(N)c(C)c1OS(=O)(=O)O2)C(C)O. The predicted octanol–water partition coefficient (Wildman–Crippen LogP) is 0.758. The third kappa shape index (κ3) is 2.28. The van der Waals surface area contributed by atoms with E-state index in [9.17, 15) is 13.5 Å². The average Bonchev–Trinajstić information content (AvgIpc) is 2.48. The molecular formula is C11H16N2O5S. The van der Waals surface area contributed by atoms with Crippen LogP contribution >= 0.6 is 0 Å². The molecule has 0 fully saturated rings. The Balaban J connectivity index is 2.69. The fraction of sp³-hybridized carbons (Fsp3) is 0.455. The van der Waals surface area contributed by atoms with Gasteiger partial charge in [0.2, 0.25) is 0 Å². The summed E-state index contributed by atoms with van der Waals surface area (Å²) >= 11 is 0. The maximum atomic E-state index is 11.6. The van der Waals surface area contributed by atoms with Crippen molar-refractivity contribution in [2.24, 2.45) is 0 Å². The molecule has 3 rings (SSSR count). The van der Waals surface area contributed by atoms with Crippen LogP contribution in [0, 0.1) is 6.92 Å². The van der Waals surface area contributed by atoms with E-state index in [-0.39, 0.29) is 17.2 Å². The molecule has 2 aliphatic heterocycles. The number of hydrogen-bond acceptors (Lipinski definition) is 7. The zero-order valence-electron chi connectivity index (χ0n) is 10.9. The normalized spacial score (nSPS) is 17.3. The van der Waals surface area contributed by atoms with Crippen molar-refractivity contribution in [2.45, 2.75) is 27.0 Å². The molecule has 0 amide bonds. The number of aliphatic hydroxyl groups is 1. The Bertz CT molecular complexity index is 612. The van der Waals surface area contributed by atoms with Crippen LogP contribution in [0.4, 0.5) is 11.4 Å². The topological polar surface area (TPSA) is 102 Å². The van der Waals surface area contributed by atoms with E-state index in [0.29, 0.717) is 17.8 Å². The Labute approximate surface area is 111 Å². The van der Waals surface area contributed by atoms with Gasteiger partial charge in [-0.15, -0.1) is 8.42 Å². The molecule has 0 aliphatic carbocycles. The molecule has 0 spiro atoms. The van der Waals surface area contributed by atoms with E-state index >= 15 is 0 Å². The number of fused-ring (bicyclic) bond motifs is 4. The second-order valence-corrected chi connectivity index (χ2v) is 5.40. The number of nitrogens with zero attached hydrogens (tertiary/aromatic N) is 1. The van der Waals surface area contributed by atoms with Gasteiger partial charge in [-0.1, -0.05) is 0 Å². The standard InChI is InChI=1S/C11H16N2O5S/c1-4-13(7(3)14)8-5-9-10(12)6(2)11(8)18-19(15,16)17-9/h5,7,14H,4,12H2,1-3H3. The van der Waals surface area contributed by atoms with Gasteiger partial charge in [-0.2, -0.15) is 0 Å². The first-order chi connectivity index (χ1) is 8.76. The van der Waals surface area contributed by atoms with Gasteiger partial charge >= 0.3 is 10.4 Å². The molecule has 2 heterocycles. The van der Waals surface area contributed by atoms with E-state index in [0.717, 1.165) is 0 Å². The van der Waals surface area contributed by atoms with Crippen LogP contribution in [0.5, 0.6) is 11.5 Å². The third-order valence-electron chi connectivity index (χ3n) is 2.99. The van der Waals surface area contributed by atoms with Crippen LogP contribution in [-0.4, -0.2) is 26.3 Å². The Morgan fingerprint density at radius 3 is 2.63 bits per heavy atom. The summed E-state index contributed by atoms with van der Waals surface area (Å²) in [4.78, 5) is 1.58. The van der Waals surface area contributed by atoms with Crippen molar-refractivity contribution in [3.05, 3.63) is 11.6 Å². The fourth-order valence-electron chi connectivity index (χ4n) is 2.02. The molecule has 0 aromatic heterocycles. The van der Waals surface area contributed by atoms with Crippen LogP contribution in [0.25, 0.3) is 0 Å². The number of hydrogen-bond donors (Lipinski definition) is 2. The van der Waals surface area contributed by atoms with Gasteiger partial charge in [0.1, 0.15) is 6.23 Å². The van der Waals surface area contributed by atoms with Crippen LogP contribution < -0.4 is 19.0 Å². The quantitative estimate of drug-likeness (QED) is 0.625. The van der Waals surface area contributed by atoms with Crippen LogP contribution in [-0.2, 0) is 10.4 Å². The molecule has 7 nitrogen and oxygen atoms in total. The van der Waals surface area contributed by atoms with Crippen LogP contribution in [0.1, 0.15) is 19.4 Å². The Morgan fingerprint density at radius 2 is 2.11 bits per heavy atom. The van der Waals surface area contributed by atoms with Crippen molar-refractivity contribution >= 4 is 21.8 Å². The summed E-state index contributed by atoms with van der Waals surface area (Å²) in [6, 6.07) is 1.46. The number of rotatable bonds is 3. The highest BCUT2D eigenvalue weighted by Crippen LogP contribution is 2.45. The van der Waals surface area contributed by atoms with Crippen LogP contribution in [0.3, 0.4) is 0 Å². The van der Waals surface area contributed by atoms with Gasteiger partial charge in [-0.25, -0.2) is 0 Å². The molecule has 1 atom stereocenters. The number of anilines is 2. The van der Waals surface area contributed by atoms with E-state index in [2.05, 4.69) is 0 Å². The maximum Gasteiger partial charge on any atom is 0.501 e. The van der Waals surface area contributed by atoms with Crippen molar-refractivity contribution in [1.29, 1.82) is 0 Å². The third-order valence-corrected chi connectivity index (χ3v) is 3.74. The second-order valence-electron chi connectivity index (χ2n) is 4.25. The highest BCUT2D eigenvalue weighted by atomic mass is 32.3. The summed E-state index contributed by atoms with van der Waals surface area (Å²) in [6.07, 6.45) is -0.802. The average molecular weight is 288 g/mol. The molecule has 106 valence electrons. The molecule has 2 bridgehead atoms. The minimum absolute atomic E-state index is 0.00727. The lowest BCUT2D eigenvalue weighted by atomic mass is 10.1. The number of benzene rings is 1. The summed E-state index contributed by atoms with van der Waals surface area (Å²) < 4.78 is 32.8. The van der Waals surface area contributed by atoms with E-state index < -0.39 is 16.6 Å². The van der Waals surface area contributed by atoms with Gasteiger partial charge in [0, 0.05) is 18.2 Å². The molecule has 2 aliphatic rings. The van der Waals surface area contributed by atoms with Crippen molar-refractivity contribution in [3.63, 3.8) is 0 Å². The zero-order valence-corrected chi connectivity index (χ0v) is 11.7. The lowest BCUT2D eigenvalue weighted by Crippen LogP contribution is -2.32. The lowest BCUT2D eigenvalue weighted by molar-refractivity contribution is 0.189. The molecule has 0 saturated carbocycles. The fourth-order valence-corrected chi connectivity index (χ4v) is 2.83. The lowest BCUT2D eigenvalue weighted by Gasteiger charge is -2.27. The Hall–Kier alpha value is -1.67. The van der Waals surface area contributed by atoms with Crippen molar-refractivity contribution in [1.82, 2.24) is 0 Å². The molecule has 19 heavy (non-hydrogen) atoms. The molecule has 0 saturated heterocycles. The van der Waals surface area contributed by atoms with Crippen molar-refractivity contribution < 1.29 is 21.9 Å². The largest absolute Gasteiger partial charge is 0.501 e. The van der Waals surface area contributed by atoms with E-state index in [1.54, 1.807) is 18.7 Å². The summed E-state index contributed by atoms with van der Waals surface area (Å²) in [5.74, 6) is 0.0920. The van der Waals surface area contributed by atoms with Gasteiger partial charge in [-0.3, -0.25) is 0 Å². The van der Waals surface area contributed by atoms with Gasteiger partial charge in [0.15, 0.2) is 11.5 Å². The monoisotopic (exact) mass is 288 g/mol. The minimum atomic E-state index is -4.18. The molecule has 1 aromatic rings. The summed E-state index contributed by atoms with van der Waals surface area (Å²) in [5, 5.41) is 9.74. The Morgan fingerprint density at radius 1 is 1.47 bits per heavy atom. The highest BCUT2D eigenvalue weighted by molar-refractivity contribution is 7.82. The smallest absolute Gasteiger partial charge is 0.395 e. The number of aliphatic hydroxyl groups excluding tert-OH is 1. The predicted molar refractivity (Wildman–Crippen MR) is 70.5 cm³/mol. The molecule has 3 N–H and O–H groups in total. The zero-order chi connectivity index (χ0) is 14.4. The maximum absolute atomic E-state index is 11.6. The Kier molecular flexibility index (Phi) is 3.23. The number of nitrogen functional groups attached to an aromatic ring is 1. The summed E-state index contributed by atoms with van der Waals surface area (Å²) in [6.45, 7) is 5.51. The summed E-state index contributed by atoms with van der Waals surface area (Å²) in [5.41, 5.74) is 6.90. The van der Waals surface area contributed by atoms with Gasteiger partial charge < -0.3 is 24.1 Å². The van der Waals surface area contributed by atoms with E-state index in [1.807, 2.05) is 6.92 Å². The minimum Gasteiger partial charge on any atom is -0.395 e. The highest BCUT2D eigenvalue weighted by Gasteiger charge is 2.31. The van der Waals surface area contributed by atoms with Gasteiger partial charge in [0.05, 0.1) is 11.4 Å². The molecule has 1 aromatic carbocycles. The molecular weight excluding hydrogens is 272 g/mol. The second kappa shape index (κ2) is 4.46. The van der Waals surface area contributed by atoms with E-state index in [4.69, 9.17) is 14.1 Å². The molecule has 1 unspecified atom stereocenters. The number of nitrogens with two attached hydrogens (primary N) is 1. The van der Waals surface area contributed by atoms with Gasteiger partial charge in [-0.05, 0) is 20.8 Å². The molecule has 8 heteroatoms. The first-order valence-corrected chi connectivity index (χ1v) is 7.11. The van der Waals surface area contributed by atoms with Crippen molar-refractivity contribution in [3.8, 4) is 11.5 Å². The van der Waals surface area contributed by atoms with Crippen LogP contribution in [0.15, 0.2) is 6.07 Å². The van der Waals surface area contributed by atoms with Crippen LogP contribution in [0.2, 0.25) is 0 Å². The summed E-state index contributed by atoms with van der Waals surface area (Å²) in [7, 11) is -4.18. The van der Waals surface area contributed by atoms with E-state index in [1.165, 1.54) is 6.07 Å². The first-order valence-electron chi connectivity index (χ1n) is 5.78. The molecule has 0 radical (unpaired) electrons. The van der Waals surface area contributed by atoms with Crippen molar-refractivity contribution in [2.75, 3.05) is 17.2 Å². The van der Waals surface area contributed by atoms with Gasteiger partial charge in [0.25, 0.3) is 0 Å².